The van der Waals surface area contributed by atoms with Crippen LogP contribution in [-0.4, -0.2) is 62.6 Å². The van der Waals surface area contributed by atoms with E-state index in [-0.39, 0.29) is 5.91 Å². The first-order valence-electron chi connectivity index (χ1n) is 9.17. The number of guanidine groups is 1. The summed E-state index contributed by atoms with van der Waals surface area (Å²) < 4.78 is 0. The number of hydrogen-bond donors (Lipinski definition) is 3. The SMILES string of the molecule is CCN1CCCC1CNC(=NC)NCCNC(=O)c1cccc(C)c1. The Morgan fingerprint density at radius 2 is 2.08 bits per heavy atom. The molecule has 3 N–H and O–H groups in total. The molecule has 1 saturated heterocycles. The number of aliphatic imine (C=N–C) groups is 1. The van der Waals surface area contributed by atoms with E-state index in [2.05, 4.69) is 32.8 Å². The quantitative estimate of drug-likeness (QED) is 0.397. The average molecular weight is 345 g/mol. The van der Waals surface area contributed by atoms with Crippen LogP contribution < -0.4 is 16.0 Å². The van der Waals surface area contributed by atoms with Crippen molar-refractivity contribution >= 4 is 11.9 Å². The second-order valence-electron chi connectivity index (χ2n) is 6.43. The van der Waals surface area contributed by atoms with Gasteiger partial charge in [-0.25, -0.2) is 0 Å². The Labute approximate surface area is 151 Å². The van der Waals surface area contributed by atoms with Gasteiger partial charge in [0.15, 0.2) is 5.96 Å². The van der Waals surface area contributed by atoms with Crippen molar-refractivity contribution in [3.8, 4) is 0 Å². The van der Waals surface area contributed by atoms with Crippen LogP contribution in [0.15, 0.2) is 29.3 Å². The van der Waals surface area contributed by atoms with Crippen molar-refractivity contribution in [1.82, 2.24) is 20.9 Å². The monoisotopic (exact) mass is 345 g/mol. The molecule has 1 heterocycles. The molecule has 1 unspecified atom stereocenters. The highest BCUT2D eigenvalue weighted by atomic mass is 16.1. The van der Waals surface area contributed by atoms with E-state index in [9.17, 15) is 4.79 Å². The lowest BCUT2D eigenvalue weighted by molar-refractivity contribution is 0.0954. The third kappa shape index (κ3) is 6.05. The number of rotatable bonds is 7. The van der Waals surface area contributed by atoms with Gasteiger partial charge in [0.25, 0.3) is 5.91 Å². The van der Waals surface area contributed by atoms with Crippen LogP contribution in [0.2, 0.25) is 0 Å². The van der Waals surface area contributed by atoms with Gasteiger partial charge in [0.2, 0.25) is 0 Å². The van der Waals surface area contributed by atoms with Crippen molar-refractivity contribution in [2.75, 3.05) is 39.8 Å². The number of carbonyl (C=O) groups is 1. The van der Waals surface area contributed by atoms with Crippen LogP contribution in [0.1, 0.15) is 35.7 Å². The van der Waals surface area contributed by atoms with E-state index in [1.54, 1.807) is 7.05 Å². The molecular formula is C19H31N5O. The van der Waals surface area contributed by atoms with Gasteiger partial charge in [-0.2, -0.15) is 0 Å². The van der Waals surface area contributed by atoms with Gasteiger partial charge in [-0.05, 0) is 45.0 Å². The largest absolute Gasteiger partial charge is 0.355 e. The topological polar surface area (TPSA) is 68.8 Å². The zero-order valence-electron chi connectivity index (χ0n) is 15.6. The van der Waals surface area contributed by atoms with Crippen molar-refractivity contribution in [3.63, 3.8) is 0 Å². The highest BCUT2D eigenvalue weighted by Crippen LogP contribution is 2.15. The van der Waals surface area contributed by atoms with Crippen LogP contribution in [0.25, 0.3) is 0 Å². The third-order valence-corrected chi connectivity index (χ3v) is 4.62. The van der Waals surface area contributed by atoms with Gasteiger partial charge in [0.1, 0.15) is 0 Å². The van der Waals surface area contributed by atoms with E-state index in [1.807, 2.05) is 31.2 Å². The molecule has 138 valence electrons. The molecule has 25 heavy (non-hydrogen) atoms. The number of likely N-dealkylation sites (tertiary alicyclic amines) is 1. The molecule has 0 spiro atoms. The Bertz CT molecular complexity index is 587. The minimum Gasteiger partial charge on any atom is -0.355 e. The Hall–Kier alpha value is -2.08. The minimum absolute atomic E-state index is 0.0435. The molecule has 0 aromatic heterocycles. The Morgan fingerprint density at radius 1 is 1.28 bits per heavy atom. The Kier molecular flexibility index (Phi) is 7.73. The number of benzene rings is 1. The summed E-state index contributed by atoms with van der Waals surface area (Å²) in [6, 6.07) is 8.20. The van der Waals surface area contributed by atoms with E-state index >= 15 is 0 Å². The number of hydrogen-bond acceptors (Lipinski definition) is 3. The standard InChI is InChI=1S/C19H31N5O/c1-4-24-12-6-9-17(24)14-23-19(20-3)22-11-10-21-18(25)16-8-5-7-15(2)13-16/h5,7-8,13,17H,4,6,9-12,14H2,1-3H3,(H,21,25)(H2,20,22,23). The van der Waals surface area contributed by atoms with Crippen molar-refractivity contribution in [2.24, 2.45) is 4.99 Å². The molecule has 1 atom stereocenters. The molecule has 1 aliphatic heterocycles. The van der Waals surface area contributed by atoms with Gasteiger partial charge in [0.05, 0.1) is 0 Å². The summed E-state index contributed by atoms with van der Waals surface area (Å²) in [4.78, 5) is 18.8. The molecule has 6 nitrogen and oxygen atoms in total. The average Bonchev–Trinajstić information content (AvgIpc) is 3.08. The summed E-state index contributed by atoms with van der Waals surface area (Å²) in [7, 11) is 1.77. The van der Waals surface area contributed by atoms with E-state index < -0.39 is 0 Å². The summed E-state index contributed by atoms with van der Waals surface area (Å²) >= 11 is 0. The molecule has 1 aromatic rings. The van der Waals surface area contributed by atoms with E-state index in [1.165, 1.54) is 19.4 Å². The van der Waals surface area contributed by atoms with Gasteiger partial charge in [-0.15, -0.1) is 0 Å². The van der Waals surface area contributed by atoms with Gasteiger partial charge >= 0.3 is 0 Å². The summed E-state index contributed by atoms with van der Waals surface area (Å²) in [6.07, 6.45) is 2.52. The second-order valence-corrected chi connectivity index (χ2v) is 6.43. The van der Waals surface area contributed by atoms with Crippen molar-refractivity contribution in [2.45, 2.75) is 32.7 Å². The molecule has 0 aliphatic carbocycles. The fourth-order valence-corrected chi connectivity index (χ4v) is 3.22. The fourth-order valence-electron chi connectivity index (χ4n) is 3.22. The van der Waals surface area contributed by atoms with Crippen molar-refractivity contribution in [3.05, 3.63) is 35.4 Å². The van der Waals surface area contributed by atoms with Crippen LogP contribution in [0.5, 0.6) is 0 Å². The lowest BCUT2D eigenvalue weighted by Gasteiger charge is -2.24. The van der Waals surface area contributed by atoms with Gasteiger partial charge in [-0.3, -0.25) is 14.7 Å². The van der Waals surface area contributed by atoms with Crippen LogP contribution in [0, 0.1) is 6.92 Å². The van der Waals surface area contributed by atoms with Gasteiger partial charge < -0.3 is 16.0 Å². The van der Waals surface area contributed by atoms with E-state index in [4.69, 9.17) is 0 Å². The maximum absolute atomic E-state index is 12.1. The molecular weight excluding hydrogens is 314 g/mol. The molecule has 1 amide bonds. The third-order valence-electron chi connectivity index (χ3n) is 4.62. The normalized spacial score (nSPS) is 18.2. The summed E-state index contributed by atoms with van der Waals surface area (Å²) in [5.74, 6) is 0.741. The van der Waals surface area contributed by atoms with Gasteiger partial charge in [-0.1, -0.05) is 24.6 Å². The number of amides is 1. The number of likely N-dealkylation sites (N-methyl/N-ethyl adjacent to an activating group) is 1. The molecule has 1 aliphatic rings. The highest BCUT2D eigenvalue weighted by Gasteiger charge is 2.22. The van der Waals surface area contributed by atoms with Crippen molar-refractivity contribution in [1.29, 1.82) is 0 Å². The molecule has 1 fully saturated rings. The molecule has 0 saturated carbocycles. The highest BCUT2D eigenvalue weighted by molar-refractivity contribution is 5.94. The number of carbonyl (C=O) groups excluding carboxylic acids is 1. The molecule has 2 rings (SSSR count). The van der Waals surface area contributed by atoms with E-state index in [0.29, 0.717) is 24.7 Å². The second kappa shape index (κ2) is 10.0. The smallest absolute Gasteiger partial charge is 0.251 e. The van der Waals surface area contributed by atoms with Crippen LogP contribution in [-0.2, 0) is 0 Å². The first-order valence-corrected chi connectivity index (χ1v) is 9.17. The zero-order valence-corrected chi connectivity index (χ0v) is 15.6. The molecule has 0 bridgehead atoms. The maximum Gasteiger partial charge on any atom is 0.251 e. The van der Waals surface area contributed by atoms with Crippen molar-refractivity contribution < 1.29 is 4.79 Å². The molecule has 0 radical (unpaired) electrons. The first-order chi connectivity index (χ1) is 12.1. The minimum atomic E-state index is -0.0435. The number of aryl methyl sites for hydroxylation is 1. The van der Waals surface area contributed by atoms with Crippen LogP contribution in [0.4, 0.5) is 0 Å². The van der Waals surface area contributed by atoms with Crippen LogP contribution in [0.3, 0.4) is 0 Å². The summed E-state index contributed by atoms with van der Waals surface area (Å²) in [5.41, 5.74) is 1.78. The van der Waals surface area contributed by atoms with Gasteiger partial charge in [0, 0.05) is 38.3 Å². The maximum atomic E-state index is 12.1. The zero-order chi connectivity index (χ0) is 18.1. The summed E-state index contributed by atoms with van der Waals surface area (Å²) in [6.45, 7) is 8.59. The lowest BCUT2D eigenvalue weighted by atomic mass is 10.1. The Morgan fingerprint density at radius 3 is 2.80 bits per heavy atom. The lowest BCUT2D eigenvalue weighted by Crippen LogP contribution is -2.46. The molecule has 6 heteroatoms. The Balaban J connectivity index is 1.66. The number of nitrogens with zero attached hydrogens (tertiary/aromatic N) is 2. The first kappa shape index (κ1) is 19.2. The fraction of sp³-hybridized carbons (Fsp3) is 0.579. The van der Waals surface area contributed by atoms with E-state index in [0.717, 1.165) is 24.6 Å². The predicted molar refractivity (Wildman–Crippen MR) is 103 cm³/mol. The molecule has 1 aromatic carbocycles. The van der Waals surface area contributed by atoms with Crippen LogP contribution >= 0.6 is 0 Å². The number of nitrogens with one attached hydrogen (secondary N) is 3. The predicted octanol–water partition coefficient (Wildman–Crippen LogP) is 1.37. The summed E-state index contributed by atoms with van der Waals surface area (Å²) in [5, 5.41) is 9.56.